The average molecular weight is 490 g/mol. The summed E-state index contributed by atoms with van der Waals surface area (Å²) in [4.78, 5) is 19.6. The molecule has 1 aromatic rings. The van der Waals surface area contributed by atoms with Crippen molar-refractivity contribution in [1.82, 2.24) is 15.5 Å². The highest BCUT2D eigenvalue weighted by atomic mass is 127. The van der Waals surface area contributed by atoms with Gasteiger partial charge in [0.15, 0.2) is 5.96 Å². The van der Waals surface area contributed by atoms with Crippen LogP contribution in [0.3, 0.4) is 0 Å². The van der Waals surface area contributed by atoms with Crippen molar-refractivity contribution in [3.05, 3.63) is 30.3 Å². The van der Waals surface area contributed by atoms with Crippen LogP contribution in [0.25, 0.3) is 0 Å². The van der Waals surface area contributed by atoms with Gasteiger partial charge in [-0.2, -0.15) is 0 Å². The summed E-state index contributed by atoms with van der Waals surface area (Å²) in [6, 6.07) is 10.5. The van der Waals surface area contributed by atoms with Gasteiger partial charge in [0, 0.05) is 50.3 Å². The maximum absolute atomic E-state index is 11.5. The minimum atomic E-state index is 0. The standard InChI is InChI=1S/C19H30N4OS.HI/c1-15(25-17-7-5-4-6-8-17)14-22-19(21-3)23-11-9-16(10-12-23)13-18(24)20-2;/h4-8,15-16H,9-14H2,1-3H3,(H,20,24)(H,21,22);1H. The van der Waals surface area contributed by atoms with Crippen LogP contribution in [0.15, 0.2) is 40.2 Å². The minimum absolute atomic E-state index is 0. The van der Waals surface area contributed by atoms with Crippen molar-refractivity contribution in [2.24, 2.45) is 10.9 Å². The Labute approximate surface area is 178 Å². The second kappa shape index (κ2) is 12.4. The molecule has 1 unspecified atom stereocenters. The number of guanidine groups is 1. The molecule has 2 rings (SSSR count). The van der Waals surface area contributed by atoms with E-state index in [1.54, 1.807) is 7.05 Å². The number of likely N-dealkylation sites (tertiary alicyclic amines) is 1. The largest absolute Gasteiger partial charge is 0.359 e. The molecule has 0 spiro atoms. The molecule has 1 saturated heterocycles. The summed E-state index contributed by atoms with van der Waals surface area (Å²) in [6.07, 6.45) is 2.73. The third kappa shape index (κ3) is 7.73. The van der Waals surface area contributed by atoms with Crippen LogP contribution in [0.2, 0.25) is 0 Å². The molecular weight excluding hydrogens is 459 g/mol. The van der Waals surface area contributed by atoms with Gasteiger partial charge >= 0.3 is 0 Å². The van der Waals surface area contributed by atoms with Crippen molar-refractivity contribution in [1.29, 1.82) is 0 Å². The molecule has 1 aliphatic heterocycles. The van der Waals surface area contributed by atoms with Gasteiger partial charge in [-0.15, -0.1) is 35.7 Å². The first-order valence-electron chi connectivity index (χ1n) is 9.00. The smallest absolute Gasteiger partial charge is 0.220 e. The number of amides is 1. The fourth-order valence-electron chi connectivity index (χ4n) is 3.05. The van der Waals surface area contributed by atoms with Crippen LogP contribution >= 0.6 is 35.7 Å². The van der Waals surface area contributed by atoms with Crippen LogP contribution in [0, 0.1) is 5.92 Å². The van der Waals surface area contributed by atoms with Gasteiger partial charge in [0.1, 0.15) is 0 Å². The number of nitrogens with one attached hydrogen (secondary N) is 2. The molecule has 7 heteroatoms. The van der Waals surface area contributed by atoms with Gasteiger partial charge in [-0.25, -0.2) is 0 Å². The van der Waals surface area contributed by atoms with E-state index >= 15 is 0 Å². The van der Waals surface area contributed by atoms with E-state index in [0.717, 1.165) is 38.4 Å². The third-order valence-electron chi connectivity index (χ3n) is 4.51. The Morgan fingerprint density at radius 3 is 2.54 bits per heavy atom. The van der Waals surface area contributed by atoms with Crippen molar-refractivity contribution in [2.45, 2.75) is 36.3 Å². The summed E-state index contributed by atoms with van der Waals surface area (Å²) in [5.74, 6) is 1.61. The molecule has 0 aliphatic carbocycles. The maximum Gasteiger partial charge on any atom is 0.220 e. The normalized spacial score (nSPS) is 16.6. The molecule has 5 nitrogen and oxygen atoms in total. The number of nitrogens with zero attached hydrogens (tertiary/aromatic N) is 2. The van der Waals surface area contributed by atoms with Crippen LogP contribution in [-0.2, 0) is 4.79 Å². The van der Waals surface area contributed by atoms with Crippen molar-refractivity contribution < 1.29 is 4.79 Å². The Morgan fingerprint density at radius 1 is 1.31 bits per heavy atom. The number of carbonyl (C=O) groups is 1. The molecule has 26 heavy (non-hydrogen) atoms. The Morgan fingerprint density at radius 2 is 1.96 bits per heavy atom. The van der Waals surface area contributed by atoms with Crippen molar-refractivity contribution >= 4 is 47.6 Å². The van der Waals surface area contributed by atoms with E-state index in [2.05, 4.69) is 51.7 Å². The zero-order chi connectivity index (χ0) is 18.1. The maximum atomic E-state index is 11.5. The number of thioether (sulfide) groups is 1. The van der Waals surface area contributed by atoms with E-state index in [-0.39, 0.29) is 29.9 Å². The molecule has 0 aromatic heterocycles. The van der Waals surface area contributed by atoms with E-state index in [9.17, 15) is 4.79 Å². The molecule has 1 heterocycles. The molecule has 1 aliphatic rings. The first-order chi connectivity index (χ1) is 12.1. The summed E-state index contributed by atoms with van der Waals surface area (Å²) in [5.41, 5.74) is 0. The molecule has 2 N–H and O–H groups in total. The zero-order valence-corrected chi connectivity index (χ0v) is 19.1. The van der Waals surface area contributed by atoms with E-state index in [1.165, 1.54) is 4.90 Å². The second-order valence-electron chi connectivity index (χ2n) is 6.48. The molecule has 146 valence electrons. The van der Waals surface area contributed by atoms with Crippen LogP contribution in [0.4, 0.5) is 0 Å². The zero-order valence-electron chi connectivity index (χ0n) is 15.9. The highest BCUT2D eigenvalue weighted by Gasteiger charge is 2.23. The van der Waals surface area contributed by atoms with E-state index in [0.29, 0.717) is 17.6 Å². The van der Waals surface area contributed by atoms with Gasteiger partial charge in [-0.05, 0) is 30.9 Å². The Kier molecular flexibility index (Phi) is 11.0. The fourth-order valence-corrected chi connectivity index (χ4v) is 4.00. The fraction of sp³-hybridized carbons (Fsp3) is 0.579. The Balaban J connectivity index is 0.00000338. The van der Waals surface area contributed by atoms with E-state index in [1.807, 2.05) is 24.9 Å². The first-order valence-corrected chi connectivity index (χ1v) is 9.88. The lowest BCUT2D eigenvalue weighted by Gasteiger charge is -2.34. The molecular formula is C19H31IN4OS. The van der Waals surface area contributed by atoms with Crippen LogP contribution in [0.1, 0.15) is 26.2 Å². The van der Waals surface area contributed by atoms with Crippen LogP contribution in [-0.4, -0.2) is 55.7 Å². The number of halogens is 1. The summed E-state index contributed by atoms with van der Waals surface area (Å²) in [5, 5.41) is 6.68. The van der Waals surface area contributed by atoms with Gasteiger partial charge in [-0.1, -0.05) is 25.1 Å². The SMILES string of the molecule is CN=C(NCC(C)Sc1ccccc1)N1CCC(CC(=O)NC)CC1.I. The first kappa shape index (κ1) is 23.1. The number of piperidine rings is 1. The minimum Gasteiger partial charge on any atom is -0.359 e. The van der Waals surface area contributed by atoms with Gasteiger partial charge < -0.3 is 15.5 Å². The van der Waals surface area contributed by atoms with Crippen LogP contribution in [0.5, 0.6) is 0 Å². The summed E-state index contributed by atoms with van der Waals surface area (Å²) in [7, 11) is 3.55. The lowest BCUT2D eigenvalue weighted by molar-refractivity contribution is -0.121. The molecule has 0 radical (unpaired) electrons. The molecule has 0 bridgehead atoms. The van der Waals surface area contributed by atoms with E-state index in [4.69, 9.17) is 0 Å². The molecule has 1 aromatic carbocycles. The number of rotatable bonds is 6. The van der Waals surface area contributed by atoms with Crippen LogP contribution < -0.4 is 10.6 Å². The lowest BCUT2D eigenvalue weighted by Crippen LogP contribution is -2.47. The van der Waals surface area contributed by atoms with Gasteiger partial charge in [0.25, 0.3) is 0 Å². The predicted molar refractivity (Wildman–Crippen MR) is 122 cm³/mol. The summed E-state index contributed by atoms with van der Waals surface area (Å²) >= 11 is 1.87. The number of aliphatic imine (C=N–C) groups is 1. The second-order valence-corrected chi connectivity index (χ2v) is 7.99. The highest BCUT2D eigenvalue weighted by Crippen LogP contribution is 2.23. The number of benzene rings is 1. The Hall–Kier alpha value is -0.960. The van der Waals surface area contributed by atoms with Crippen molar-refractivity contribution in [3.8, 4) is 0 Å². The number of hydrogen-bond acceptors (Lipinski definition) is 3. The molecule has 0 saturated carbocycles. The van der Waals surface area contributed by atoms with E-state index < -0.39 is 0 Å². The molecule has 1 fully saturated rings. The third-order valence-corrected chi connectivity index (χ3v) is 5.62. The summed E-state index contributed by atoms with van der Waals surface area (Å²) in [6.45, 7) is 5.03. The van der Waals surface area contributed by atoms with Crippen molar-refractivity contribution in [3.63, 3.8) is 0 Å². The monoisotopic (exact) mass is 490 g/mol. The van der Waals surface area contributed by atoms with Gasteiger partial charge in [0.05, 0.1) is 0 Å². The number of hydrogen-bond donors (Lipinski definition) is 2. The lowest BCUT2D eigenvalue weighted by atomic mass is 9.93. The van der Waals surface area contributed by atoms with Gasteiger partial charge in [-0.3, -0.25) is 9.79 Å². The molecule has 1 amide bonds. The summed E-state index contributed by atoms with van der Waals surface area (Å²) < 4.78 is 0. The Bertz CT molecular complexity index is 562. The number of carbonyl (C=O) groups excluding carboxylic acids is 1. The predicted octanol–water partition coefficient (Wildman–Crippen LogP) is 3.21. The molecule has 1 atom stereocenters. The van der Waals surface area contributed by atoms with Gasteiger partial charge in [0.2, 0.25) is 5.91 Å². The quantitative estimate of drug-likeness (QED) is 0.278. The van der Waals surface area contributed by atoms with Crippen molar-refractivity contribution in [2.75, 3.05) is 33.7 Å². The topological polar surface area (TPSA) is 56.7 Å². The highest BCUT2D eigenvalue weighted by molar-refractivity contribution is 14.0. The average Bonchev–Trinajstić information content (AvgIpc) is 2.64.